The predicted molar refractivity (Wildman–Crippen MR) is 58.1 cm³/mol. The first-order valence-corrected chi connectivity index (χ1v) is 7.34. The SMILES string of the molecule is CC(C#N)P(C(C)C#N)C(C)S(=O)(=O)O. The average Bonchev–Trinajstić information content (AvgIpc) is 2.15. The average molecular weight is 248 g/mol. The van der Waals surface area contributed by atoms with Crippen LogP contribution in [0.1, 0.15) is 20.8 Å². The molecule has 0 radical (unpaired) electrons. The van der Waals surface area contributed by atoms with E-state index in [9.17, 15) is 8.42 Å². The first kappa shape index (κ1) is 14.3. The third kappa shape index (κ3) is 3.76. The van der Waals surface area contributed by atoms with Crippen molar-refractivity contribution < 1.29 is 13.0 Å². The van der Waals surface area contributed by atoms with Crippen LogP contribution in [-0.4, -0.2) is 29.3 Å². The highest BCUT2D eigenvalue weighted by Gasteiger charge is 2.35. The topological polar surface area (TPSA) is 102 Å². The van der Waals surface area contributed by atoms with Crippen molar-refractivity contribution in [1.29, 1.82) is 10.5 Å². The second-order valence-electron chi connectivity index (χ2n) is 3.17. The summed E-state index contributed by atoms with van der Waals surface area (Å²) in [5.41, 5.74) is -1.07. The summed E-state index contributed by atoms with van der Waals surface area (Å²) in [5.74, 6) is 0. The molecular weight excluding hydrogens is 235 g/mol. The van der Waals surface area contributed by atoms with Gasteiger partial charge in [0.25, 0.3) is 10.1 Å². The van der Waals surface area contributed by atoms with Crippen LogP contribution >= 0.6 is 7.92 Å². The molecule has 0 heterocycles. The van der Waals surface area contributed by atoms with E-state index in [1.807, 2.05) is 12.1 Å². The second kappa shape index (κ2) is 5.42. The van der Waals surface area contributed by atoms with Crippen LogP contribution in [0.15, 0.2) is 0 Å². The number of hydrogen-bond acceptors (Lipinski definition) is 4. The summed E-state index contributed by atoms with van der Waals surface area (Å²) >= 11 is 0. The van der Waals surface area contributed by atoms with Gasteiger partial charge in [-0.15, -0.1) is 0 Å². The summed E-state index contributed by atoms with van der Waals surface area (Å²) in [6, 6.07) is 3.87. The molecule has 0 rings (SSSR count). The second-order valence-corrected chi connectivity index (χ2v) is 8.48. The zero-order valence-corrected chi connectivity index (χ0v) is 10.5. The van der Waals surface area contributed by atoms with Crippen molar-refractivity contribution in [2.45, 2.75) is 37.1 Å². The van der Waals surface area contributed by atoms with Crippen molar-refractivity contribution in [1.82, 2.24) is 0 Å². The normalized spacial score (nSPS) is 19.3. The highest BCUT2D eigenvalue weighted by atomic mass is 32.2. The Morgan fingerprint density at radius 1 is 1.13 bits per heavy atom. The van der Waals surface area contributed by atoms with Crippen molar-refractivity contribution in [2.75, 3.05) is 0 Å². The Hall–Kier alpha value is -0.680. The van der Waals surface area contributed by atoms with E-state index in [0.717, 1.165) is 0 Å². The zero-order valence-electron chi connectivity index (χ0n) is 8.75. The van der Waals surface area contributed by atoms with Crippen molar-refractivity contribution >= 4 is 18.0 Å². The van der Waals surface area contributed by atoms with Crippen molar-refractivity contribution in [3.63, 3.8) is 0 Å². The number of nitriles is 2. The molecule has 0 saturated heterocycles. The lowest BCUT2D eigenvalue weighted by atomic mass is 10.5. The molecule has 3 atom stereocenters. The molecule has 0 fully saturated rings. The monoisotopic (exact) mass is 248 g/mol. The highest BCUT2D eigenvalue weighted by molar-refractivity contribution is 7.94. The summed E-state index contributed by atoms with van der Waals surface area (Å²) in [6.45, 7) is 4.48. The van der Waals surface area contributed by atoms with Gasteiger partial charge in [-0.25, -0.2) is 0 Å². The Bertz CT molecular complexity index is 375. The molecule has 0 spiro atoms. The van der Waals surface area contributed by atoms with Crippen molar-refractivity contribution in [2.24, 2.45) is 0 Å². The molecule has 1 N–H and O–H groups in total. The van der Waals surface area contributed by atoms with Gasteiger partial charge in [-0.3, -0.25) is 4.55 Å². The molecule has 84 valence electrons. The van der Waals surface area contributed by atoms with Crippen LogP contribution in [0.25, 0.3) is 0 Å². The third-order valence-electron chi connectivity index (χ3n) is 2.12. The van der Waals surface area contributed by atoms with Crippen LogP contribution in [0.3, 0.4) is 0 Å². The first-order chi connectivity index (χ1) is 6.75. The third-order valence-corrected chi connectivity index (χ3v) is 7.37. The van der Waals surface area contributed by atoms with E-state index in [-0.39, 0.29) is 0 Å². The van der Waals surface area contributed by atoms with Crippen LogP contribution in [-0.2, 0) is 10.1 Å². The van der Waals surface area contributed by atoms with E-state index < -0.39 is 34.3 Å². The van der Waals surface area contributed by atoms with E-state index >= 15 is 0 Å². The molecular formula is C8H13N2O3PS. The van der Waals surface area contributed by atoms with Crippen molar-refractivity contribution in [3.05, 3.63) is 0 Å². The van der Waals surface area contributed by atoms with Crippen LogP contribution < -0.4 is 0 Å². The maximum atomic E-state index is 11.0. The molecule has 3 unspecified atom stereocenters. The standard InChI is InChI=1S/C8H13N2O3PS/c1-6(4-9)14(7(2)5-10)8(3)15(11,12)13/h6-8H,1-3H3,(H,11,12,13). The Morgan fingerprint density at radius 2 is 1.47 bits per heavy atom. The zero-order chi connectivity index (χ0) is 12.2. The molecule has 0 saturated carbocycles. The number of rotatable bonds is 4. The highest BCUT2D eigenvalue weighted by Crippen LogP contribution is 2.51. The van der Waals surface area contributed by atoms with Crippen LogP contribution in [0.4, 0.5) is 0 Å². The van der Waals surface area contributed by atoms with Crippen molar-refractivity contribution in [3.8, 4) is 12.1 Å². The Labute approximate surface area is 91.2 Å². The molecule has 0 aliphatic rings. The Morgan fingerprint density at radius 3 is 1.67 bits per heavy atom. The molecule has 0 aromatic rings. The minimum Gasteiger partial charge on any atom is -0.285 e. The van der Waals surface area contributed by atoms with E-state index in [4.69, 9.17) is 15.1 Å². The van der Waals surface area contributed by atoms with E-state index in [2.05, 4.69) is 0 Å². The fraction of sp³-hybridized carbons (Fsp3) is 0.750. The lowest BCUT2D eigenvalue weighted by molar-refractivity contribution is 0.481. The van der Waals surface area contributed by atoms with Gasteiger partial charge in [0.1, 0.15) is 4.99 Å². The molecule has 0 amide bonds. The fourth-order valence-electron chi connectivity index (χ4n) is 1.25. The Balaban J connectivity index is 5.16. The lowest BCUT2D eigenvalue weighted by Gasteiger charge is -2.26. The van der Waals surface area contributed by atoms with Gasteiger partial charge in [-0.1, -0.05) is 7.92 Å². The fourth-order valence-corrected chi connectivity index (χ4v) is 5.78. The van der Waals surface area contributed by atoms with Crippen LogP contribution in [0, 0.1) is 22.7 Å². The molecule has 0 aliphatic heterocycles. The minimum absolute atomic E-state index is 0.536. The molecule has 0 aliphatic carbocycles. The maximum absolute atomic E-state index is 11.0. The molecule has 15 heavy (non-hydrogen) atoms. The first-order valence-electron chi connectivity index (χ1n) is 4.28. The van der Waals surface area contributed by atoms with Gasteiger partial charge < -0.3 is 0 Å². The van der Waals surface area contributed by atoms with Gasteiger partial charge in [0.15, 0.2) is 0 Å². The van der Waals surface area contributed by atoms with Gasteiger partial charge in [0, 0.05) is 0 Å². The summed E-state index contributed by atoms with van der Waals surface area (Å²) in [5, 5.41) is 17.5. The van der Waals surface area contributed by atoms with Gasteiger partial charge in [-0.05, 0) is 20.8 Å². The minimum atomic E-state index is -4.19. The number of nitrogens with zero attached hydrogens (tertiary/aromatic N) is 2. The summed E-state index contributed by atoms with van der Waals surface area (Å²) in [6.07, 6.45) is 0. The molecule has 0 aromatic carbocycles. The van der Waals surface area contributed by atoms with Gasteiger partial charge in [0.2, 0.25) is 0 Å². The Kier molecular flexibility index (Phi) is 5.17. The maximum Gasteiger partial charge on any atom is 0.271 e. The quantitative estimate of drug-likeness (QED) is 0.600. The number of hydrogen-bond donors (Lipinski definition) is 1. The summed E-state index contributed by atoms with van der Waals surface area (Å²) in [4.78, 5) is -1.04. The molecule has 0 aromatic heterocycles. The summed E-state index contributed by atoms with van der Waals surface area (Å²) < 4.78 is 30.8. The van der Waals surface area contributed by atoms with E-state index in [1.54, 1.807) is 13.8 Å². The predicted octanol–water partition coefficient (Wildman–Crippen LogP) is 1.53. The van der Waals surface area contributed by atoms with Gasteiger partial charge in [0.05, 0.1) is 23.5 Å². The summed E-state index contributed by atoms with van der Waals surface area (Å²) in [7, 11) is -5.58. The molecule has 7 heteroatoms. The largest absolute Gasteiger partial charge is 0.285 e. The van der Waals surface area contributed by atoms with Gasteiger partial charge in [-0.2, -0.15) is 18.9 Å². The van der Waals surface area contributed by atoms with Crippen LogP contribution in [0.5, 0.6) is 0 Å². The van der Waals surface area contributed by atoms with E-state index in [0.29, 0.717) is 0 Å². The molecule has 0 bridgehead atoms. The molecule has 5 nitrogen and oxygen atoms in total. The van der Waals surface area contributed by atoms with E-state index in [1.165, 1.54) is 6.92 Å². The van der Waals surface area contributed by atoms with Gasteiger partial charge >= 0.3 is 0 Å². The lowest BCUT2D eigenvalue weighted by Crippen LogP contribution is -2.23. The van der Waals surface area contributed by atoms with Crippen LogP contribution in [0.2, 0.25) is 0 Å². The smallest absolute Gasteiger partial charge is 0.271 e.